The highest BCUT2D eigenvalue weighted by atomic mass is 15.0. The summed E-state index contributed by atoms with van der Waals surface area (Å²) in [7, 11) is 0. The van der Waals surface area contributed by atoms with Crippen LogP contribution >= 0.6 is 0 Å². The van der Waals surface area contributed by atoms with Crippen LogP contribution in [0.15, 0.2) is 231 Å². The van der Waals surface area contributed by atoms with Crippen LogP contribution in [-0.4, -0.2) is 19.5 Å². The van der Waals surface area contributed by atoms with Gasteiger partial charge in [0.1, 0.15) is 0 Å². The molecule has 0 amide bonds. The van der Waals surface area contributed by atoms with Gasteiger partial charge in [-0.15, -0.1) is 0 Å². The van der Waals surface area contributed by atoms with E-state index < -0.39 is 5.41 Å². The third-order valence-electron chi connectivity index (χ3n) is 12.5. The highest BCUT2D eigenvalue weighted by Crippen LogP contribution is 2.57. The van der Waals surface area contributed by atoms with Crippen molar-refractivity contribution >= 4 is 21.8 Å². The van der Waals surface area contributed by atoms with Gasteiger partial charge < -0.3 is 4.57 Å². The van der Waals surface area contributed by atoms with Crippen LogP contribution in [0.25, 0.3) is 83.9 Å². The Morgan fingerprint density at radius 1 is 0.306 bits per heavy atom. The SMILES string of the molecule is c1ccc(-c2ccc3c4cc5c(cc4n(-c4cccc(-c6nc(-c7ccccc7)nc(-c7ccccc7)n6)c4)c3c2)-c2ccccc2C5(c2ccccc2)c2ccccc2)cc1. The maximum Gasteiger partial charge on any atom is 0.164 e. The number of benzene rings is 9. The first-order valence-corrected chi connectivity index (χ1v) is 21.1. The van der Waals surface area contributed by atoms with Crippen LogP contribution in [0, 0.1) is 0 Å². The summed E-state index contributed by atoms with van der Waals surface area (Å²) in [5.41, 5.74) is 15.5. The van der Waals surface area contributed by atoms with Crippen LogP contribution in [0.3, 0.4) is 0 Å². The lowest BCUT2D eigenvalue weighted by Gasteiger charge is -2.33. The molecular weight excluding hydrogens is 753 g/mol. The summed E-state index contributed by atoms with van der Waals surface area (Å²) >= 11 is 0. The van der Waals surface area contributed by atoms with Crippen molar-refractivity contribution in [3.05, 3.63) is 253 Å². The summed E-state index contributed by atoms with van der Waals surface area (Å²) in [6, 6.07) is 82.5. The minimum Gasteiger partial charge on any atom is -0.309 e. The Kier molecular flexibility index (Phi) is 8.36. The summed E-state index contributed by atoms with van der Waals surface area (Å²) in [6.07, 6.45) is 0. The molecule has 0 radical (unpaired) electrons. The smallest absolute Gasteiger partial charge is 0.164 e. The van der Waals surface area contributed by atoms with Crippen LogP contribution in [0.2, 0.25) is 0 Å². The number of aromatic nitrogens is 4. The molecule has 0 saturated heterocycles. The molecule has 4 nitrogen and oxygen atoms in total. The zero-order chi connectivity index (χ0) is 41.0. The molecule has 290 valence electrons. The lowest BCUT2D eigenvalue weighted by atomic mass is 9.67. The van der Waals surface area contributed by atoms with E-state index in [-0.39, 0.29) is 0 Å². The zero-order valence-electron chi connectivity index (χ0n) is 33.7. The van der Waals surface area contributed by atoms with Crippen LogP contribution in [0.4, 0.5) is 0 Å². The first kappa shape index (κ1) is 35.7. The van der Waals surface area contributed by atoms with Gasteiger partial charge in [0.05, 0.1) is 16.4 Å². The van der Waals surface area contributed by atoms with Gasteiger partial charge in [-0.05, 0) is 74.8 Å². The number of nitrogens with zero attached hydrogens (tertiary/aromatic N) is 4. The Morgan fingerprint density at radius 3 is 1.42 bits per heavy atom. The molecule has 2 heterocycles. The molecule has 0 fully saturated rings. The summed E-state index contributed by atoms with van der Waals surface area (Å²) in [5, 5.41) is 2.39. The fourth-order valence-electron chi connectivity index (χ4n) is 9.76. The summed E-state index contributed by atoms with van der Waals surface area (Å²) in [4.78, 5) is 15.2. The lowest BCUT2D eigenvalue weighted by molar-refractivity contribution is 0.769. The van der Waals surface area contributed by atoms with E-state index in [1.807, 2.05) is 60.7 Å². The van der Waals surface area contributed by atoms with Gasteiger partial charge in [0.25, 0.3) is 0 Å². The second-order valence-electron chi connectivity index (χ2n) is 16.0. The monoisotopic (exact) mass is 790 g/mol. The van der Waals surface area contributed by atoms with E-state index in [1.54, 1.807) is 0 Å². The lowest BCUT2D eigenvalue weighted by Crippen LogP contribution is -2.28. The number of hydrogen-bond donors (Lipinski definition) is 0. The molecule has 4 heteroatoms. The molecule has 0 saturated carbocycles. The standard InChI is InChI=1S/C58H38N4/c1-6-19-39(20-7-1)42-33-34-48-50-37-52-49(47-31-16-17-32-51(47)58(52,44-26-12-4-13-27-44)45-28-14-5-15-29-45)38-54(50)62(53(48)36-42)46-30-18-25-43(35-46)57-60-55(40-21-8-2-9-22-40)59-56(61-57)41-23-10-3-11-24-41/h1-38H. The van der Waals surface area contributed by atoms with Crippen molar-refractivity contribution < 1.29 is 0 Å². The molecule has 0 spiro atoms. The summed E-state index contributed by atoms with van der Waals surface area (Å²) in [6.45, 7) is 0. The van der Waals surface area contributed by atoms with E-state index >= 15 is 0 Å². The van der Waals surface area contributed by atoms with E-state index in [4.69, 9.17) is 15.0 Å². The van der Waals surface area contributed by atoms with E-state index in [0.717, 1.165) is 39.0 Å². The van der Waals surface area contributed by atoms with Gasteiger partial charge in [0.2, 0.25) is 0 Å². The molecule has 0 bridgehead atoms. The van der Waals surface area contributed by atoms with Crippen molar-refractivity contribution in [2.24, 2.45) is 0 Å². The van der Waals surface area contributed by atoms with Crippen LogP contribution < -0.4 is 0 Å². The van der Waals surface area contributed by atoms with E-state index in [9.17, 15) is 0 Å². The van der Waals surface area contributed by atoms with Gasteiger partial charge in [-0.1, -0.05) is 200 Å². The van der Waals surface area contributed by atoms with E-state index in [0.29, 0.717) is 17.5 Å². The molecule has 9 aromatic carbocycles. The third kappa shape index (κ3) is 5.65. The first-order valence-electron chi connectivity index (χ1n) is 21.1. The highest BCUT2D eigenvalue weighted by Gasteiger charge is 2.46. The Hall–Kier alpha value is -8.21. The average molecular weight is 791 g/mol. The topological polar surface area (TPSA) is 43.6 Å². The molecule has 0 N–H and O–H groups in total. The van der Waals surface area contributed by atoms with Crippen molar-refractivity contribution in [3.63, 3.8) is 0 Å². The molecule has 0 aliphatic heterocycles. The Labute approximate surface area is 360 Å². The third-order valence-corrected chi connectivity index (χ3v) is 12.5. The molecule has 0 atom stereocenters. The molecule has 2 aromatic heterocycles. The van der Waals surface area contributed by atoms with Crippen molar-refractivity contribution in [1.82, 2.24) is 19.5 Å². The van der Waals surface area contributed by atoms with Crippen LogP contribution in [0.5, 0.6) is 0 Å². The fraction of sp³-hybridized carbons (Fsp3) is 0.0172. The van der Waals surface area contributed by atoms with Crippen molar-refractivity contribution in [2.45, 2.75) is 5.41 Å². The molecule has 11 aromatic rings. The summed E-state index contributed by atoms with van der Waals surface area (Å²) in [5.74, 6) is 1.90. The molecule has 1 aliphatic rings. The maximum absolute atomic E-state index is 5.11. The number of fused-ring (bicyclic) bond motifs is 6. The zero-order valence-corrected chi connectivity index (χ0v) is 33.7. The molecular formula is C58H38N4. The van der Waals surface area contributed by atoms with Crippen molar-refractivity contribution in [1.29, 1.82) is 0 Å². The van der Waals surface area contributed by atoms with Gasteiger partial charge in [0.15, 0.2) is 17.5 Å². The van der Waals surface area contributed by atoms with Crippen molar-refractivity contribution in [3.8, 4) is 62.1 Å². The normalized spacial score (nSPS) is 12.6. The minimum atomic E-state index is -0.507. The quantitative estimate of drug-likeness (QED) is 0.161. The van der Waals surface area contributed by atoms with Gasteiger partial charge in [-0.2, -0.15) is 0 Å². The average Bonchev–Trinajstić information content (AvgIpc) is 3.84. The summed E-state index contributed by atoms with van der Waals surface area (Å²) < 4.78 is 2.44. The van der Waals surface area contributed by atoms with Crippen molar-refractivity contribution in [2.75, 3.05) is 0 Å². The number of rotatable bonds is 7. The minimum absolute atomic E-state index is 0.507. The molecule has 0 unspecified atom stereocenters. The Bertz CT molecular complexity index is 3340. The largest absolute Gasteiger partial charge is 0.309 e. The van der Waals surface area contributed by atoms with Gasteiger partial charge in [0, 0.05) is 33.2 Å². The molecule has 1 aliphatic carbocycles. The molecule has 62 heavy (non-hydrogen) atoms. The van der Waals surface area contributed by atoms with E-state index in [1.165, 1.54) is 49.7 Å². The van der Waals surface area contributed by atoms with E-state index in [2.05, 4.69) is 174 Å². The van der Waals surface area contributed by atoms with Crippen LogP contribution in [0.1, 0.15) is 22.3 Å². The second-order valence-corrected chi connectivity index (χ2v) is 16.0. The van der Waals surface area contributed by atoms with Gasteiger partial charge in [-0.3, -0.25) is 0 Å². The maximum atomic E-state index is 5.11. The van der Waals surface area contributed by atoms with Gasteiger partial charge >= 0.3 is 0 Å². The number of hydrogen-bond acceptors (Lipinski definition) is 3. The fourth-order valence-corrected chi connectivity index (χ4v) is 9.76. The predicted octanol–water partition coefficient (Wildman–Crippen LogP) is 14.0. The van der Waals surface area contributed by atoms with Gasteiger partial charge in [-0.25, -0.2) is 15.0 Å². The first-order chi connectivity index (χ1) is 30.7. The second kappa shape index (κ2) is 14.5. The predicted molar refractivity (Wildman–Crippen MR) is 253 cm³/mol. The Morgan fingerprint density at radius 2 is 0.806 bits per heavy atom. The Balaban J connectivity index is 1.13. The highest BCUT2D eigenvalue weighted by molar-refractivity contribution is 6.12. The molecule has 12 rings (SSSR count). The van der Waals surface area contributed by atoms with Crippen LogP contribution in [-0.2, 0) is 5.41 Å².